The zero-order valence-electron chi connectivity index (χ0n) is 17.7. The van der Waals surface area contributed by atoms with Crippen molar-refractivity contribution in [3.63, 3.8) is 0 Å². The van der Waals surface area contributed by atoms with E-state index in [-0.39, 0.29) is 20.6 Å². The van der Waals surface area contributed by atoms with Crippen molar-refractivity contribution < 1.29 is 18.3 Å². The number of carboxylic acid groups (broad SMARTS) is 1. The van der Waals surface area contributed by atoms with Crippen LogP contribution in [0.3, 0.4) is 0 Å². The molecule has 0 atom stereocenters. The van der Waals surface area contributed by atoms with Gasteiger partial charge in [0.2, 0.25) is 0 Å². The molecule has 0 aliphatic rings. The molecule has 0 spiro atoms. The summed E-state index contributed by atoms with van der Waals surface area (Å²) < 4.78 is 29.5. The summed E-state index contributed by atoms with van der Waals surface area (Å²) in [5, 5.41) is 10.5. The van der Waals surface area contributed by atoms with Crippen molar-refractivity contribution in [3.8, 4) is 5.82 Å². The van der Waals surface area contributed by atoms with Gasteiger partial charge in [-0.05, 0) is 73.5 Å². The van der Waals surface area contributed by atoms with E-state index in [0.717, 1.165) is 32.2 Å². The minimum Gasteiger partial charge on any atom is -0.480 e. The summed E-state index contributed by atoms with van der Waals surface area (Å²) in [6, 6.07) is 12.7. The normalized spacial score (nSPS) is 11.6. The van der Waals surface area contributed by atoms with Gasteiger partial charge >= 0.3 is 5.97 Å². The number of aryl methyl sites for hydroxylation is 2. The van der Waals surface area contributed by atoms with Crippen molar-refractivity contribution in [2.75, 3.05) is 10.8 Å². The van der Waals surface area contributed by atoms with E-state index in [1.54, 1.807) is 24.4 Å². The number of carboxylic acids is 1. The van der Waals surface area contributed by atoms with Crippen molar-refractivity contribution in [1.29, 1.82) is 0 Å². The summed E-state index contributed by atoms with van der Waals surface area (Å²) >= 11 is 12.0. The standard InChI is InChI=1S/C23H19Cl2N3O4S/c1-14-5-6-26-22(7-14)27-12-15(2)20-11-18(3-4-21(20)27)28(13-23(29)30)33(31,32)19-9-16(24)8-17(25)10-19/h3-12H,13H2,1-2H3,(H,29,30). The Labute approximate surface area is 200 Å². The van der Waals surface area contributed by atoms with Crippen LogP contribution in [0.4, 0.5) is 5.69 Å². The van der Waals surface area contributed by atoms with Crippen molar-refractivity contribution in [3.05, 3.63) is 82.1 Å². The molecule has 0 fully saturated rings. The van der Waals surface area contributed by atoms with Gasteiger partial charge in [-0.25, -0.2) is 13.4 Å². The number of rotatable bonds is 6. The van der Waals surface area contributed by atoms with E-state index in [4.69, 9.17) is 23.2 Å². The molecular formula is C23H19Cl2N3O4S. The largest absolute Gasteiger partial charge is 0.480 e. The van der Waals surface area contributed by atoms with Crippen LogP contribution in [0.15, 0.2) is 65.8 Å². The van der Waals surface area contributed by atoms with Crippen LogP contribution in [0, 0.1) is 13.8 Å². The molecule has 170 valence electrons. The van der Waals surface area contributed by atoms with E-state index in [9.17, 15) is 18.3 Å². The average molecular weight is 504 g/mol. The van der Waals surface area contributed by atoms with E-state index >= 15 is 0 Å². The van der Waals surface area contributed by atoms with E-state index in [2.05, 4.69) is 4.98 Å². The number of anilines is 1. The zero-order valence-corrected chi connectivity index (χ0v) is 20.0. The molecule has 2 aromatic heterocycles. The smallest absolute Gasteiger partial charge is 0.324 e. The zero-order chi connectivity index (χ0) is 23.9. The fraction of sp³-hybridized carbons (Fsp3) is 0.130. The molecule has 7 nitrogen and oxygen atoms in total. The summed E-state index contributed by atoms with van der Waals surface area (Å²) in [4.78, 5) is 15.8. The Balaban J connectivity index is 1.86. The van der Waals surface area contributed by atoms with Gasteiger partial charge in [-0.2, -0.15) is 0 Å². The van der Waals surface area contributed by atoms with Gasteiger partial charge in [-0.3, -0.25) is 9.10 Å². The second kappa shape index (κ2) is 8.70. The van der Waals surface area contributed by atoms with Crippen LogP contribution in [-0.4, -0.2) is 35.6 Å². The molecule has 0 saturated heterocycles. The Morgan fingerprint density at radius 1 is 1.06 bits per heavy atom. The lowest BCUT2D eigenvalue weighted by Gasteiger charge is -2.23. The van der Waals surface area contributed by atoms with Gasteiger partial charge in [0.15, 0.2) is 0 Å². The summed E-state index contributed by atoms with van der Waals surface area (Å²) in [6.07, 6.45) is 3.63. The first kappa shape index (κ1) is 23.1. The molecule has 0 unspecified atom stereocenters. The first-order valence-electron chi connectivity index (χ1n) is 9.81. The molecule has 0 amide bonds. The van der Waals surface area contributed by atoms with Crippen molar-refractivity contribution in [2.24, 2.45) is 0 Å². The number of aromatic nitrogens is 2. The maximum atomic E-state index is 13.4. The summed E-state index contributed by atoms with van der Waals surface area (Å²) in [5.41, 5.74) is 2.95. The summed E-state index contributed by atoms with van der Waals surface area (Å²) in [7, 11) is -4.26. The molecule has 4 aromatic rings. The van der Waals surface area contributed by atoms with Gasteiger partial charge in [0.25, 0.3) is 10.0 Å². The first-order chi connectivity index (χ1) is 15.6. The molecule has 2 aromatic carbocycles. The maximum Gasteiger partial charge on any atom is 0.324 e. The number of pyridine rings is 1. The maximum absolute atomic E-state index is 13.4. The molecular weight excluding hydrogens is 485 g/mol. The quantitative estimate of drug-likeness (QED) is 0.388. The van der Waals surface area contributed by atoms with Crippen LogP contribution in [0.5, 0.6) is 0 Å². The number of carbonyl (C=O) groups is 1. The molecule has 0 radical (unpaired) electrons. The fourth-order valence-corrected chi connectivity index (χ4v) is 5.76. The van der Waals surface area contributed by atoms with Crippen LogP contribution in [-0.2, 0) is 14.8 Å². The average Bonchev–Trinajstić information content (AvgIpc) is 3.07. The Morgan fingerprint density at radius 2 is 1.76 bits per heavy atom. The first-order valence-corrected chi connectivity index (χ1v) is 12.0. The SMILES string of the molecule is Cc1ccnc(-n2cc(C)c3cc(N(CC(=O)O)S(=O)(=O)c4cc(Cl)cc(Cl)c4)ccc32)c1. The van der Waals surface area contributed by atoms with Gasteiger partial charge < -0.3 is 9.67 Å². The number of halogens is 2. The van der Waals surface area contributed by atoms with E-state index in [1.807, 2.05) is 36.7 Å². The van der Waals surface area contributed by atoms with Gasteiger partial charge in [-0.1, -0.05) is 23.2 Å². The van der Waals surface area contributed by atoms with Crippen LogP contribution in [0.25, 0.3) is 16.7 Å². The van der Waals surface area contributed by atoms with Crippen LogP contribution in [0.1, 0.15) is 11.1 Å². The Kier molecular flexibility index (Phi) is 6.09. The molecule has 0 saturated carbocycles. The summed E-state index contributed by atoms with van der Waals surface area (Å²) in [6.45, 7) is 3.10. The monoisotopic (exact) mass is 503 g/mol. The lowest BCUT2D eigenvalue weighted by molar-refractivity contribution is -0.135. The van der Waals surface area contributed by atoms with E-state index < -0.39 is 22.5 Å². The number of fused-ring (bicyclic) bond motifs is 1. The molecule has 0 aliphatic heterocycles. The highest BCUT2D eigenvalue weighted by atomic mass is 35.5. The van der Waals surface area contributed by atoms with Gasteiger partial charge in [0.05, 0.1) is 16.1 Å². The molecule has 33 heavy (non-hydrogen) atoms. The van der Waals surface area contributed by atoms with Gasteiger partial charge in [0, 0.05) is 27.8 Å². The number of sulfonamides is 1. The lowest BCUT2D eigenvalue weighted by atomic mass is 10.1. The van der Waals surface area contributed by atoms with Gasteiger partial charge in [-0.15, -0.1) is 0 Å². The molecule has 0 aliphatic carbocycles. The second-order valence-electron chi connectivity index (χ2n) is 7.59. The number of nitrogens with zero attached hydrogens (tertiary/aromatic N) is 3. The Bertz CT molecular complexity index is 1480. The summed E-state index contributed by atoms with van der Waals surface area (Å²) in [5.74, 6) is -0.575. The highest BCUT2D eigenvalue weighted by molar-refractivity contribution is 7.92. The third-order valence-corrected chi connectivity index (χ3v) is 7.31. The molecule has 4 rings (SSSR count). The van der Waals surface area contributed by atoms with Crippen molar-refractivity contribution >= 4 is 55.8 Å². The second-order valence-corrected chi connectivity index (χ2v) is 10.3. The van der Waals surface area contributed by atoms with E-state index in [1.165, 1.54) is 18.2 Å². The van der Waals surface area contributed by atoms with Crippen molar-refractivity contribution in [2.45, 2.75) is 18.7 Å². The van der Waals surface area contributed by atoms with Gasteiger partial charge in [0.1, 0.15) is 12.4 Å². The minimum absolute atomic E-state index is 0.130. The topological polar surface area (TPSA) is 92.5 Å². The predicted octanol–water partition coefficient (Wildman–Crippen LogP) is 5.23. The fourth-order valence-electron chi connectivity index (χ4n) is 3.62. The lowest BCUT2D eigenvalue weighted by Crippen LogP contribution is -2.35. The highest BCUT2D eigenvalue weighted by Crippen LogP contribution is 2.32. The number of hydrogen-bond donors (Lipinski definition) is 1. The molecule has 1 N–H and O–H groups in total. The number of benzene rings is 2. The Morgan fingerprint density at radius 3 is 2.39 bits per heavy atom. The predicted molar refractivity (Wildman–Crippen MR) is 129 cm³/mol. The minimum atomic E-state index is -4.26. The van der Waals surface area contributed by atoms with E-state index in [0.29, 0.717) is 0 Å². The van der Waals surface area contributed by atoms with Crippen LogP contribution in [0.2, 0.25) is 10.0 Å². The van der Waals surface area contributed by atoms with Crippen LogP contribution >= 0.6 is 23.2 Å². The number of hydrogen-bond acceptors (Lipinski definition) is 4. The third kappa shape index (κ3) is 4.55. The molecule has 2 heterocycles. The molecule has 10 heteroatoms. The third-order valence-electron chi connectivity index (χ3n) is 5.13. The number of aliphatic carboxylic acids is 1. The van der Waals surface area contributed by atoms with Crippen LogP contribution < -0.4 is 4.31 Å². The van der Waals surface area contributed by atoms with Crippen molar-refractivity contribution in [1.82, 2.24) is 9.55 Å². The highest BCUT2D eigenvalue weighted by Gasteiger charge is 2.28. The Hall–Kier alpha value is -3.07. The molecule has 0 bridgehead atoms.